The van der Waals surface area contributed by atoms with Crippen molar-refractivity contribution in [2.45, 2.75) is 20.0 Å². The van der Waals surface area contributed by atoms with Crippen molar-refractivity contribution in [3.63, 3.8) is 0 Å². The van der Waals surface area contributed by atoms with E-state index >= 15 is 0 Å². The van der Waals surface area contributed by atoms with Crippen LogP contribution in [0.1, 0.15) is 25.5 Å². The summed E-state index contributed by atoms with van der Waals surface area (Å²) in [6.45, 7) is 2.52. The summed E-state index contributed by atoms with van der Waals surface area (Å²) in [6.07, 6.45) is -0.947. The lowest BCUT2D eigenvalue weighted by molar-refractivity contribution is -0.145. The predicted molar refractivity (Wildman–Crippen MR) is 46.5 cm³/mol. The summed E-state index contributed by atoms with van der Waals surface area (Å²) in [5.41, 5.74) is -0.191. The fraction of sp³-hybridized carbons (Fsp3) is 0.300. The van der Waals surface area contributed by atoms with Crippen LogP contribution in [0.4, 0.5) is 13.2 Å². The molecule has 0 aliphatic carbocycles. The quantitative estimate of drug-likeness (QED) is 0.563. The number of benzene rings is 1. The number of carbonyl (C=O) groups is 1. The first kappa shape index (κ1) is 11.6. The van der Waals surface area contributed by atoms with Crippen LogP contribution in [0.25, 0.3) is 0 Å². The Kier molecular flexibility index (Phi) is 3.34. The van der Waals surface area contributed by atoms with Gasteiger partial charge in [0.25, 0.3) is 0 Å². The number of esters is 1. The molecular formula is C10H9F3O2. The molecule has 0 bridgehead atoms. The van der Waals surface area contributed by atoms with Gasteiger partial charge in [0.15, 0.2) is 17.5 Å². The van der Waals surface area contributed by atoms with Crippen molar-refractivity contribution >= 4 is 5.97 Å². The predicted octanol–water partition coefficient (Wildman–Crippen LogP) is 2.73. The molecule has 0 radical (unpaired) electrons. The molecule has 15 heavy (non-hydrogen) atoms. The molecule has 0 fully saturated rings. The van der Waals surface area contributed by atoms with Crippen molar-refractivity contribution in [3.8, 4) is 0 Å². The third kappa shape index (κ3) is 2.49. The van der Waals surface area contributed by atoms with E-state index in [1.54, 1.807) is 0 Å². The summed E-state index contributed by atoms with van der Waals surface area (Å²) < 4.78 is 43.2. The molecule has 5 heteroatoms. The zero-order valence-corrected chi connectivity index (χ0v) is 8.18. The van der Waals surface area contributed by atoms with Crippen LogP contribution in [0.2, 0.25) is 0 Å². The van der Waals surface area contributed by atoms with Gasteiger partial charge in [-0.2, -0.15) is 0 Å². The number of hydrogen-bond donors (Lipinski definition) is 0. The van der Waals surface area contributed by atoms with E-state index in [-0.39, 0.29) is 5.56 Å². The van der Waals surface area contributed by atoms with E-state index in [4.69, 9.17) is 0 Å². The topological polar surface area (TPSA) is 26.3 Å². The molecule has 0 N–H and O–H groups in total. The highest BCUT2D eigenvalue weighted by Crippen LogP contribution is 2.23. The number of ether oxygens (including phenoxy) is 1. The van der Waals surface area contributed by atoms with Crippen LogP contribution in [0.15, 0.2) is 12.1 Å². The van der Waals surface area contributed by atoms with Gasteiger partial charge in [0, 0.05) is 12.5 Å². The molecule has 0 spiro atoms. The Balaban J connectivity index is 3.05. The van der Waals surface area contributed by atoms with Gasteiger partial charge in [-0.25, -0.2) is 13.2 Å². The van der Waals surface area contributed by atoms with Crippen LogP contribution in [0, 0.1) is 17.5 Å². The van der Waals surface area contributed by atoms with Gasteiger partial charge >= 0.3 is 5.97 Å². The van der Waals surface area contributed by atoms with Gasteiger partial charge in [0.05, 0.1) is 0 Å². The maximum atomic E-state index is 13.2. The Labute approximate surface area is 84.7 Å². The molecular weight excluding hydrogens is 209 g/mol. The van der Waals surface area contributed by atoms with Gasteiger partial charge in [-0.05, 0) is 19.1 Å². The molecule has 1 atom stereocenters. The van der Waals surface area contributed by atoms with Crippen LogP contribution in [0.5, 0.6) is 0 Å². The molecule has 0 saturated carbocycles. The van der Waals surface area contributed by atoms with E-state index in [0.29, 0.717) is 0 Å². The Morgan fingerprint density at radius 3 is 2.40 bits per heavy atom. The molecule has 82 valence electrons. The monoisotopic (exact) mass is 218 g/mol. The van der Waals surface area contributed by atoms with Crippen molar-refractivity contribution in [2.24, 2.45) is 0 Å². The van der Waals surface area contributed by atoms with E-state index in [9.17, 15) is 18.0 Å². The van der Waals surface area contributed by atoms with Crippen LogP contribution in [-0.4, -0.2) is 5.97 Å². The van der Waals surface area contributed by atoms with E-state index < -0.39 is 29.5 Å². The number of rotatable bonds is 2. The number of hydrogen-bond acceptors (Lipinski definition) is 2. The summed E-state index contributed by atoms with van der Waals surface area (Å²) in [4.78, 5) is 10.6. The maximum absolute atomic E-state index is 13.2. The Bertz CT molecular complexity index is 390. The lowest BCUT2D eigenvalue weighted by Crippen LogP contribution is -2.08. The SMILES string of the molecule is CC(=O)OC(C)c1ccc(F)c(F)c1F. The fourth-order valence-electron chi connectivity index (χ4n) is 1.17. The first-order valence-electron chi connectivity index (χ1n) is 4.24. The maximum Gasteiger partial charge on any atom is 0.303 e. The summed E-state index contributed by atoms with van der Waals surface area (Å²) in [5.74, 6) is -4.78. The van der Waals surface area contributed by atoms with Crippen molar-refractivity contribution in [1.29, 1.82) is 0 Å². The lowest BCUT2D eigenvalue weighted by Gasteiger charge is -2.13. The van der Waals surface area contributed by atoms with E-state index in [1.165, 1.54) is 6.92 Å². The molecule has 0 amide bonds. The zero-order valence-electron chi connectivity index (χ0n) is 8.18. The minimum atomic E-state index is -1.56. The van der Waals surface area contributed by atoms with E-state index in [1.807, 2.05) is 0 Å². The molecule has 1 rings (SSSR count). The van der Waals surface area contributed by atoms with Gasteiger partial charge < -0.3 is 4.74 Å². The van der Waals surface area contributed by atoms with Crippen molar-refractivity contribution in [1.82, 2.24) is 0 Å². The average molecular weight is 218 g/mol. The minimum Gasteiger partial charge on any atom is -0.458 e. The molecule has 0 aliphatic heterocycles. The largest absolute Gasteiger partial charge is 0.458 e. The highest BCUT2D eigenvalue weighted by Gasteiger charge is 2.19. The summed E-state index contributed by atoms with van der Waals surface area (Å²) in [7, 11) is 0. The minimum absolute atomic E-state index is 0.191. The molecule has 0 aromatic heterocycles. The number of halogens is 3. The van der Waals surface area contributed by atoms with E-state index in [2.05, 4.69) is 4.74 Å². The van der Waals surface area contributed by atoms with Crippen LogP contribution < -0.4 is 0 Å². The standard InChI is InChI=1S/C10H9F3O2/c1-5(15-6(2)14)7-3-4-8(11)10(13)9(7)12/h3-5H,1-2H3. The summed E-state index contributed by atoms with van der Waals surface area (Å²) >= 11 is 0. The average Bonchev–Trinajstić information content (AvgIpc) is 2.13. The second-order valence-corrected chi connectivity index (χ2v) is 3.02. The van der Waals surface area contributed by atoms with Crippen molar-refractivity contribution in [3.05, 3.63) is 35.1 Å². The second-order valence-electron chi connectivity index (χ2n) is 3.02. The smallest absolute Gasteiger partial charge is 0.303 e. The first-order valence-corrected chi connectivity index (χ1v) is 4.24. The van der Waals surface area contributed by atoms with Crippen molar-refractivity contribution in [2.75, 3.05) is 0 Å². The van der Waals surface area contributed by atoms with Crippen LogP contribution in [0.3, 0.4) is 0 Å². The van der Waals surface area contributed by atoms with E-state index in [0.717, 1.165) is 19.1 Å². The third-order valence-electron chi connectivity index (χ3n) is 1.85. The Morgan fingerprint density at radius 2 is 1.87 bits per heavy atom. The van der Waals surface area contributed by atoms with Crippen LogP contribution >= 0.6 is 0 Å². The van der Waals surface area contributed by atoms with Gasteiger partial charge in [0.2, 0.25) is 0 Å². The molecule has 0 aliphatic rings. The van der Waals surface area contributed by atoms with Gasteiger partial charge in [-0.3, -0.25) is 4.79 Å². The summed E-state index contributed by atoms with van der Waals surface area (Å²) in [5, 5.41) is 0. The highest BCUT2D eigenvalue weighted by molar-refractivity contribution is 5.66. The molecule has 0 saturated heterocycles. The second kappa shape index (κ2) is 4.33. The van der Waals surface area contributed by atoms with Gasteiger partial charge in [-0.1, -0.05) is 0 Å². The Morgan fingerprint density at radius 1 is 1.27 bits per heavy atom. The number of carbonyl (C=O) groups excluding carboxylic acids is 1. The summed E-state index contributed by atoms with van der Waals surface area (Å²) in [6, 6.07) is 1.83. The Hall–Kier alpha value is -1.52. The molecule has 1 unspecified atom stereocenters. The van der Waals surface area contributed by atoms with Gasteiger partial charge in [0.1, 0.15) is 6.10 Å². The molecule has 0 heterocycles. The fourth-order valence-corrected chi connectivity index (χ4v) is 1.17. The lowest BCUT2D eigenvalue weighted by atomic mass is 10.1. The first-order chi connectivity index (χ1) is 6.93. The normalized spacial score (nSPS) is 12.3. The third-order valence-corrected chi connectivity index (χ3v) is 1.85. The molecule has 1 aromatic carbocycles. The molecule has 2 nitrogen and oxygen atoms in total. The van der Waals surface area contributed by atoms with Crippen LogP contribution in [-0.2, 0) is 9.53 Å². The molecule has 1 aromatic rings. The highest BCUT2D eigenvalue weighted by atomic mass is 19.2. The van der Waals surface area contributed by atoms with Gasteiger partial charge in [-0.15, -0.1) is 0 Å². The zero-order chi connectivity index (χ0) is 11.6. The van der Waals surface area contributed by atoms with Crippen molar-refractivity contribution < 1.29 is 22.7 Å².